The van der Waals surface area contributed by atoms with Gasteiger partial charge in [-0.3, -0.25) is 4.79 Å². The summed E-state index contributed by atoms with van der Waals surface area (Å²) in [6.07, 6.45) is 0. The third-order valence-corrected chi connectivity index (χ3v) is 1.43. The maximum absolute atomic E-state index is 12.7. The Morgan fingerprint density at radius 2 is 1.71 bits per heavy atom. The van der Waals surface area contributed by atoms with Crippen molar-refractivity contribution in [3.63, 3.8) is 0 Å². The summed E-state index contributed by atoms with van der Waals surface area (Å²) in [6, 6.07) is 0.286. The highest BCUT2D eigenvalue weighted by Crippen LogP contribution is 2.22. The van der Waals surface area contributed by atoms with Crippen molar-refractivity contribution < 1.29 is 22.4 Å². The van der Waals surface area contributed by atoms with E-state index < -0.39 is 34.3 Å². The van der Waals surface area contributed by atoms with Crippen molar-refractivity contribution in [2.24, 2.45) is 0 Å². The van der Waals surface area contributed by atoms with Crippen molar-refractivity contribution in [3.8, 4) is 0 Å². The summed E-state index contributed by atoms with van der Waals surface area (Å²) in [5, 5.41) is 0.345. The van der Waals surface area contributed by atoms with Gasteiger partial charge in [0.05, 0.1) is 5.69 Å². The number of nitrogens with one attached hydrogen (secondary N) is 1. The van der Waals surface area contributed by atoms with Crippen LogP contribution in [0.2, 0.25) is 0 Å². The van der Waals surface area contributed by atoms with Crippen LogP contribution in [0, 0.1) is 23.3 Å². The first-order valence-corrected chi connectivity index (χ1v) is 3.60. The molecular weight excluding hydrogens is 226 g/mol. The molecule has 0 heterocycles. The molecule has 2 nitrogen and oxygen atoms in total. The van der Waals surface area contributed by atoms with Crippen LogP contribution in [-0.2, 0) is 0 Å². The minimum absolute atomic E-state index is 0.286. The quantitative estimate of drug-likeness (QED) is 0.258. The van der Waals surface area contributed by atoms with Gasteiger partial charge in [-0.1, -0.05) is 0 Å². The molecule has 0 aromatic heterocycles. The van der Waals surface area contributed by atoms with Crippen LogP contribution in [0.5, 0.6) is 0 Å². The van der Waals surface area contributed by atoms with Gasteiger partial charge in [-0.25, -0.2) is 17.6 Å². The summed E-state index contributed by atoms with van der Waals surface area (Å²) >= 11 is 4.77. The Balaban J connectivity index is 3.25. The van der Waals surface area contributed by atoms with E-state index in [1.807, 2.05) is 0 Å². The molecule has 7 heteroatoms. The molecule has 0 radical (unpaired) electrons. The Labute approximate surface area is 80.5 Å². The fourth-order valence-corrected chi connectivity index (χ4v) is 0.872. The highest BCUT2D eigenvalue weighted by atomic mass is 35.5. The monoisotopic (exact) mass is 227 g/mol. The molecule has 0 spiro atoms. The summed E-state index contributed by atoms with van der Waals surface area (Å²) < 4.78 is 50.1. The molecule has 0 aliphatic rings. The Hall–Kier alpha value is -1.30. The smallest absolute Gasteiger partial charge is 0.310 e. The van der Waals surface area contributed by atoms with Crippen LogP contribution < -0.4 is 5.32 Å². The number of anilines is 1. The molecule has 1 N–H and O–H groups in total. The van der Waals surface area contributed by atoms with Gasteiger partial charge in [0.2, 0.25) is 0 Å². The Morgan fingerprint density at radius 1 is 1.14 bits per heavy atom. The van der Waals surface area contributed by atoms with Gasteiger partial charge < -0.3 is 5.32 Å². The SMILES string of the molecule is O=C(Cl)Nc1cc(F)c(F)c(F)c1F. The van der Waals surface area contributed by atoms with Gasteiger partial charge in [-0.2, -0.15) is 0 Å². The molecule has 0 fully saturated rings. The molecule has 0 aliphatic heterocycles. The molecule has 14 heavy (non-hydrogen) atoms. The average Bonchev–Trinajstić information content (AvgIpc) is 2.10. The molecule has 1 amide bonds. The van der Waals surface area contributed by atoms with Crippen LogP contribution >= 0.6 is 11.6 Å². The summed E-state index contributed by atoms with van der Waals surface area (Å²) in [4.78, 5) is 10.2. The first-order valence-electron chi connectivity index (χ1n) is 3.23. The van der Waals surface area contributed by atoms with E-state index in [2.05, 4.69) is 0 Å². The summed E-state index contributed by atoms with van der Waals surface area (Å²) in [7, 11) is 0. The normalized spacial score (nSPS) is 10.1. The number of halogens is 5. The van der Waals surface area contributed by atoms with Gasteiger partial charge >= 0.3 is 5.37 Å². The number of carbonyl (C=O) groups excluding carboxylic acids is 1. The van der Waals surface area contributed by atoms with E-state index in [1.165, 1.54) is 0 Å². The lowest BCUT2D eigenvalue weighted by atomic mass is 10.2. The van der Waals surface area contributed by atoms with E-state index in [4.69, 9.17) is 11.6 Å². The zero-order valence-electron chi connectivity index (χ0n) is 6.38. The first kappa shape index (κ1) is 10.8. The van der Waals surface area contributed by atoms with Crippen molar-refractivity contribution in [1.29, 1.82) is 0 Å². The lowest BCUT2D eigenvalue weighted by Gasteiger charge is -2.04. The minimum Gasteiger partial charge on any atom is -0.310 e. The Morgan fingerprint density at radius 3 is 2.21 bits per heavy atom. The predicted molar refractivity (Wildman–Crippen MR) is 41.1 cm³/mol. The number of benzene rings is 1. The van der Waals surface area contributed by atoms with Gasteiger partial charge in [0, 0.05) is 6.07 Å². The average molecular weight is 228 g/mol. The number of amides is 1. The topological polar surface area (TPSA) is 29.1 Å². The van der Waals surface area contributed by atoms with Gasteiger partial charge in [-0.05, 0) is 11.6 Å². The van der Waals surface area contributed by atoms with Crippen LogP contribution in [0.25, 0.3) is 0 Å². The van der Waals surface area contributed by atoms with Gasteiger partial charge in [0.1, 0.15) is 0 Å². The number of hydrogen-bond donors (Lipinski definition) is 1. The Kier molecular flexibility index (Phi) is 2.95. The highest BCUT2D eigenvalue weighted by Gasteiger charge is 2.19. The predicted octanol–water partition coefficient (Wildman–Crippen LogP) is 3.01. The number of rotatable bonds is 1. The van der Waals surface area contributed by atoms with E-state index in [1.54, 1.807) is 5.32 Å². The molecule has 0 unspecified atom stereocenters. The number of carbonyl (C=O) groups is 1. The molecule has 0 aliphatic carbocycles. The second-order valence-corrected chi connectivity index (χ2v) is 2.59. The summed E-state index contributed by atoms with van der Waals surface area (Å²) in [5.74, 6) is -7.29. The van der Waals surface area contributed by atoms with E-state index in [9.17, 15) is 22.4 Å². The standard InChI is InChI=1S/C7H2ClF4NO/c8-7(14)13-3-1-2(9)4(10)6(12)5(3)11/h1H,(H,13,14). The molecule has 0 saturated heterocycles. The second-order valence-electron chi connectivity index (χ2n) is 2.25. The molecule has 1 aromatic rings. The van der Waals surface area contributed by atoms with E-state index in [-0.39, 0.29) is 6.07 Å². The Bertz CT molecular complexity index is 396. The van der Waals surface area contributed by atoms with Crippen LogP contribution in [0.4, 0.5) is 28.0 Å². The third-order valence-electron chi connectivity index (χ3n) is 1.34. The maximum atomic E-state index is 12.7. The van der Waals surface area contributed by atoms with E-state index in [0.717, 1.165) is 0 Å². The van der Waals surface area contributed by atoms with Crippen molar-refractivity contribution in [3.05, 3.63) is 29.3 Å². The number of hydrogen-bond acceptors (Lipinski definition) is 1. The minimum atomic E-state index is -2.01. The molecule has 76 valence electrons. The molecule has 1 rings (SSSR count). The highest BCUT2D eigenvalue weighted by molar-refractivity contribution is 6.65. The van der Waals surface area contributed by atoms with Crippen molar-refractivity contribution >= 4 is 22.7 Å². The third kappa shape index (κ3) is 1.95. The van der Waals surface area contributed by atoms with Crippen molar-refractivity contribution in [2.45, 2.75) is 0 Å². The summed E-state index contributed by atoms with van der Waals surface area (Å²) in [5.41, 5.74) is -0.860. The molecule has 1 aromatic carbocycles. The van der Waals surface area contributed by atoms with Crippen LogP contribution in [0.1, 0.15) is 0 Å². The summed E-state index contributed by atoms with van der Waals surface area (Å²) in [6.45, 7) is 0. The lowest BCUT2D eigenvalue weighted by molar-refractivity contribution is 0.268. The fraction of sp³-hybridized carbons (Fsp3) is 0. The molecule has 0 atom stereocenters. The second kappa shape index (κ2) is 3.83. The maximum Gasteiger partial charge on any atom is 0.318 e. The van der Waals surface area contributed by atoms with Crippen LogP contribution in [0.3, 0.4) is 0 Å². The van der Waals surface area contributed by atoms with Gasteiger partial charge in [-0.15, -0.1) is 0 Å². The van der Waals surface area contributed by atoms with Crippen LogP contribution in [-0.4, -0.2) is 5.37 Å². The van der Waals surface area contributed by atoms with Crippen LogP contribution in [0.15, 0.2) is 6.07 Å². The first-order chi connectivity index (χ1) is 6.43. The lowest BCUT2D eigenvalue weighted by Crippen LogP contribution is -2.07. The van der Waals surface area contributed by atoms with Crippen molar-refractivity contribution in [2.75, 3.05) is 5.32 Å². The molecule has 0 saturated carbocycles. The zero-order chi connectivity index (χ0) is 10.9. The van der Waals surface area contributed by atoms with Crippen molar-refractivity contribution in [1.82, 2.24) is 0 Å². The van der Waals surface area contributed by atoms with Gasteiger partial charge in [0.25, 0.3) is 0 Å². The van der Waals surface area contributed by atoms with Gasteiger partial charge in [0.15, 0.2) is 23.3 Å². The van der Waals surface area contributed by atoms with E-state index >= 15 is 0 Å². The fourth-order valence-electron chi connectivity index (χ4n) is 0.770. The zero-order valence-corrected chi connectivity index (χ0v) is 7.13. The molecule has 0 bridgehead atoms. The van der Waals surface area contributed by atoms with E-state index in [0.29, 0.717) is 0 Å². The molecular formula is C7H2ClF4NO. The largest absolute Gasteiger partial charge is 0.318 e.